The highest BCUT2D eigenvalue weighted by Gasteiger charge is 2.11. The van der Waals surface area contributed by atoms with Crippen molar-refractivity contribution in [2.75, 3.05) is 6.61 Å². The molecule has 23 heavy (non-hydrogen) atoms. The van der Waals surface area contributed by atoms with Gasteiger partial charge in [-0.1, -0.05) is 42.5 Å². The molecule has 3 aromatic rings. The Morgan fingerprint density at radius 3 is 2.65 bits per heavy atom. The van der Waals surface area contributed by atoms with Crippen LogP contribution in [0.1, 0.15) is 18.5 Å². The largest absolute Gasteiger partial charge is 0.467 e. The van der Waals surface area contributed by atoms with Gasteiger partial charge in [-0.15, -0.1) is 0 Å². The molecule has 1 heterocycles. The molecule has 3 rings (SSSR count). The third-order valence-corrected chi connectivity index (χ3v) is 3.52. The summed E-state index contributed by atoms with van der Waals surface area (Å²) in [5.74, 6) is 0.224. The van der Waals surface area contributed by atoms with Crippen molar-refractivity contribution in [3.8, 4) is 5.88 Å². The molecule has 1 N–H and O–H groups in total. The molecule has 0 bridgehead atoms. The van der Waals surface area contributed by atoms with Gasteiger partial charge in [0.05, 0.1) is 16.9 Å². The third kappa shape index (κ3) is 3.63. The van der Waals surface area contributed by atoms with Gasteiger partial charge in [0.25, 0.3) is 5.91 Å². The molecular weight excluding hydrogens is 290 g/mol. The Morgan fingerprint density at radius 1 is 1.09 bits per heavy atom. The van der Waals surface area contributed by atoms with E-state index in [0.29, 0.717) is 5.88 Å². The molecule has 116 valence electrons. The molecule has 0 unspecified atom stereocenters. The van der Waals surface area contributed by atoms with E-state index in [1.165, 1.54) is 6.33 Å². The molecule has 5 heteroatoms. The summed E-state index contributed by atoms with van der Waals surface area (Å²) < 4.78 is 5.55. The number of carbonyl (C=O) groups is 1. The van der Waals surface area contributed by atoms with Crippen molar-refractivity contribution in [3.05, 3.63) is 66.5 Å². The summed E-state index contributed by atoms with van der Waals surface area (Å²) in [5.41, 5.74) is 1.84. The van der Waals surface area contributed by atoms with Gasteiger partial charge in [0.1, 0.15) is 6.33 Å². The maximum Gasteiger partial charge on any atom is 0.258 e. The minimum absolute atomic E-state index is 0.0746. The number of benzene rings is 2. The van der Waals surface area contributed by atoms with Gasteiger partial charge in [-0.2, -0.15) is 0 Å². The summed E-state index contributed by atoms with van der Waals surface area (Å²) >= 11 is 0. The summed E-state index contributed by atoms with van der Waals surface area (Å²) in [7, 11) is 0. The van der Waals surface area contributed by atoms with E-state index in [2.05, 4.69) is 15.3 Å². The quantitative estimate of drug-likeness (QED) is 0.787. The molecule has 0 spiro atoms. The van der Waals surface area contributed by atoms with Crippen LogP contribution in [0.25, 0.3) is 10.9 Å². The van der Waals surface area contributed by atoms with E-state index in [4.69, 9.17) is 4.74 Å². The third-order valence-electron chi connectivity index (χ3n) is 3.52. The van der Waals surface area contributed by atoms with Crippen molar-refractivity contribution in [2.24, 2.45) is 0 Å². The maximum atomic E-state index is 12.1. The average Bonchev–Trinajstić information content (AvgIpc) is 2.60. The number of hydrogen-bond acceptors (Lipinski definition) is 4. The Bertz CT molecular complexity index is 800. The number of fused-ring (bicyclic) bond motifs is 1. The van der Waals surface area contributed by atoms with Crippen LogP contribution < -0.4 is 10.1 Å². The van der Waals surface area contributed by atoms with Gasteiger partial charge >= 0.3 is 0 Å². The number of para-hydroxylation sites is 1. The van der Waals surface area contributed by atoms with Crippen molar-refractivity contribution in [2.45, 2.75) is 13.0 Å². The fourth-order valence-corrected chi connectivity index (χ4v) is 2.34. The fourth-order valence-electron chi connectivity index (χ4n) is 2.34. The maximum absolute atomic E-state index is 12.1. The molecule has 1 amide bonds. The van der Waals surface area contributed by atoms with E-state index in [1.807, 2.05) is 61.5 Å². The van der Waals surface area contributed by atoms with Crippen LogP contribution in [0.5, 0.6) is 5.88 Å². The number of hydrogen-bond donors (Lipinski definition) is 1. The Hall–Kier alpha value is -2.95. The first kappa shape index (κ1) is 15.0. The lowest BCUT2D eigenvalue weighted by atomic mass is 10.1. The molecule has 0 aliphatic rings. The summed E-state index contributed by atoms with van der Waals surface area (Å²) in [6, 6.07) is 17.2. The molecule has 1 atom stereocenters. The van der Waals surface area contributed by atoms with Crippen molar-refractivity contribution in [1.82, 2.24) is 15.3 Å². The van der Waals surface area contributed by atoms with Gasteiger partial charge in [-0.05, 0) is 24.6 Å². The molecular formula is C18H17N3O2. The van der Waals surface area contributed by atoms with E-state index in [-0.39, 0.29) is 18.6 Å². The van der Waals surface area contributed by atoms with E-state index >= 15 is 0 Å². The number of aromatic nitrogens is 2. The minimum Gasteiger partial charge on any atom is -0.467 e. The Balaban J connectivity index is 1.62. The van der Waals surface area contributed by atoms with Crippen LogP contribution in [-0.2, 0) is 4.79 Å². The van der Waals surface area contributed by atoms with Crippen LogP contribution in [0.2, 0.25) is 0 Å². The molecule has 2 aromatic carbocycles. The van der Waals surface area contributed by atoms with Crippen LogP contribution in [0.15, 0.2) is 60.9 Å². The topological polar surface area (TPSA) is 64.1 Å². The van der Waals surface area contributed by atoms with Crippen molar-refractivity contribution in [1.29, 1.82) is 0 Å². The highest BCUT2D eigenvalue weighted by atomic mass is 16.5. The standard InChI is InChI=1S/C18H17N3O2/c1-13(14-7-3-2-4-8-14)21-17(22)11-23-18-15-9-5-6-10-16(15)19-12-20-18/h2-10,12-13H,11H2,1H3,(H,21,22)/t13-/m0/s1. The van der Waals surface area contributed by atoms with Crippen LogP contribution in [-0.4, -0.2) is 22.5 Å². The first-order valence-electron chi connectivity index (χ1n) is 7.41. The second-order valence-electron chi connectivity index (χ2n) is 5.18. The number of carbonyl (C=O) groups excluding carboxylic acids is 1. The van der Waals surface area contributed by atoms with E-state index in [9.17, 15) is 4.79 Å². The van der Waals surface area contributed by atoms with Crippen molar-refractivity contribution < 1.29 is 9.53 Å². The second-order valence-corrected chi connectivity index (χ2v) is 5.18. The van der Waals surface area contributed by atoms with Crippen molar-refractivity contribution >= 4 is 16.8 Å². The van der Waals surface area contributed by atoms with E-state index in [1.54, 1.807) is 0 Å². The minimum atomic E-state index is -0.191. The summed E-state index contributed by atoms with van der Waals surface area (Å²) in [5, 5.41) is 3.70. The van der Waals surface area contributed by atoms with Crippen LogP contribution >= 0.6 is 0 Å². The van der Waals surface area contributed by atoms with Gasteiger partial charge in [0.2, 0.25) is 5.88 Å². The highest BCUT2D eigenvalue weighted by Crippen LogP contribution is 2.20. The molecule has 1 aromatic heterocycles. The van der Waals surface area contributed by atoms with Gasteiger partial charge < -0.3 is 10.1 Å². The number of nitrogens with one attached hydrogen (secondary N) is 1. The van der Waals surface area contributed by atoms with E-state index in [0.717, 1.165) is 16.5 Å². The van der Waals surface area contributed by atoms with Gasteiger partial charge in [-0.3, -0.25) is 4.79 Å². The monoisotopic (exact) mass is 307 g/mol. The smallest absolute Gasteiger partial charge is 0.258 e. The zero-order valence-corrected chi connectivity index (χ0v) is 12.8. The van der Waals surface area contributed by atoms with Crippen molar-refractivity contribution in [3.63, 3.8) is 0 Å². The van der Waals surface area contributed by atoms with Gasteiger partial charge in [-0.25, -0.2) is 9.97 Å². The Labute approximate surface area is 134 Å². The van der Waals surface area contributed by atoms with Crippen LogP contribution in [0.4, 0.5) is 0 Å². The summed E-state index contributed by atoms with van der Waals surface area (Å²) in [6.07, 6.45) is 1.43. The summed E-state index contributed by atoms with van der Waals surface area (Å²) in [4.78, 5) is 20.3. The molecule has 0 aliphatic heterocycles. The predicted octanol–water partition coefficient (Wildman–Crippen LogP) is 2.89. The lowest BCUT2D eigenvalue weighted by Crippen LogP contribution is -2.31. The molecule has 5 nitrogen and oxygen atoms in total. The zero-order valence-electron chi connectivity index (χ0n) is 12.8. The first-order valence-corrected chi connectivity index (χ1v) is 7.41. The Kier molecular flexibility index (Phi) is 4.47. The lowest BCUT2D eigenvalue weighted by Gasteiger charge is -2.14. The number of amides is 1. The molecule has 0 fully saturated rings. The van der Waals surface area contributed by atoms with E-state index < -0.39 is 0 Å². The lowest BCUT2D eigenvalue weighted by molar-refractivity contribution is -0.123. The zero-order chi connectivity index (χ0) is 16.1. The highest BCUT2D eigenvalue weighted by molar-refractivity contribution is 5.84. The van der Waals surface area contributed by atoms with Gasteiger partial charge in [0, 0.05) is 0 Å². The molecule has 0 aliphatic carbocycles. The van der Waals surface area contributed by atoms with Gasteiger partial charge in [0.15, 0.2) is 6.61 Å². The molecule has 0 radical (unpaired) electrons. The number of rotatable bonds is 5. The summed E-state index contributed by atoms with van der Waals surface area (Å²) in [6.45, 7) is 1.85. The predicted molar refractivity (Wildman–Crippen MR) is 88.0 cm³/mol. The fraction of sp³-hybridized carbons (Fsp3) is 0.167. The number of ether oxygens (including phenoxy) is 1. The number of nitrogens with zero attached hydrogens (tertiary/aromatic N) is 2. The normalized spacial score (nSPS) is 11.9. The van der Waals surface area contributed by atoms with Crippen LogP contribution in [0, 0.1) is 0 Å². The SMILES string of the molecule is C[C@H](NC(=O)COc1ncnc2ccccc12)c1ccccc1. The molecule has 0 saturated carbocycles. The van der Waals surface area contributed by atoms with Crippen LogP contribution in [0.3, 0.4) is 0 Å². The Morgan fingerprint density at radius 2 is 1.83 bits per heavy atom. The average molecular weight is 307 g/mol. The first-order chi connectivity index (χ1) is 11.2. The second kappa shape index (κ2) is 6.87. The molecule has 0 saturated heterocycles.